The summed E-state index contributed by atoms with van der Waals surface area (Å²) in [5.41, 5.74) is 2.04. The van der Waals surface area contributed by atoms with Crippen molar-refractivity contribution in [3.63, 3.8) is 0 Å². The van der Waals surface area contributed by atoms with Gasteiger partial charge < -0.3 is 10.6 Å². The van der Waals surface area contributed by atoms with Crippen molar-refractivity contribution in [2.75, 3.05) is 11.9 Å². The first-order valence-corrected chi connectivity index (χ1v) is 10.9. The van der Waals surface area contributed by atoms with Crippen molar-refractivity contribution in [1.82, 2.24) is 15.6 Å². The Bertz CT molecular complexity index is 757. The molecule has 0 spiro atoms. The first-order valence-electron chi connectivity index (χ1n) is 10.0. The van der Waals surface area contributed by atoms with Crippen LogP contribution in [0.15, 0.2) is 35.7 Å². The van der Waals surface area contributed by atoms with Crippen molar-refractivity contribution in [3.05, 3.63) is 47.0 Å². The smallest absolute Gasteiger partial charge is 0.321 e. The largest absolute Gasteiger partial charge is 0.356 e. The molecule has 1 aliphatic carbocycles. The highest BCUT2D eigenvalue weighted by atomic mass is 32.1. The molecule has 2 aromatic rings. The van der Waals surface area contributed by atoms with Crippen LogP contribution >= 0.6 is 11.3 Å². The Morgan fingerprint density at radius 1 is 1.07 bits per heavy atom. The predicted octanol–water partition coefficient (Wildman–Crippen LogP) is 3.89. The third kappa shape index (κ3) is 6.96. The van der Waals surface area contributed by atoms with Crippen LogP contribution in [0.1, 0.15) is 49.8 Å². The fourth-order valence-electron chi connectivity index (χ4n) is 3.37. The molecule has 3 amide bonds. The van der Waals surface area contributed by atoms with E-state index in [0.29, 0.717) is 24.5 Å². The Morgan fingerprint density at radius 3 is 2.64 bits per heavy atom. The van der Waals surface area contributed by atoms with Crippen LogP contribution in [-0.2, 0) is 17.6 Å². The van der Waals surface area contributed by atoms with E-state index in [9.17, 15) is 9.59 Å². The van der Waals surface area contributed by atoms with Gasteiger partial charge in [-0.15, -0.1) is 11.3 Å². The number of anilines is 1. The Kier molecular flexibility index (Phi) is 7.84. The van der Waals surface area contributed by atoms with E-state index in [0.717, 1.165) is 25.0 Å². The lowest BCUT2D eigenvalue weighted by Crippen LogP contribution is -2.39. The van der Waals surface area contributed by atoms with Gasteiger partial charge in [-0.25, -0.2) is 9.78 Å². The van der Waals surface area contributed by atoms with Gasteiger partial charge in [0.25, 0.3) is 0 Å². The maximum Gasteiger partial charge on any atom is 0.321 e. The predicted molar refractivity (Wildman–Crippen MR) is 113 cm³/mol. The first kappa shape index (κ1) is 20.3. The monoisotopic (exact) mass is 400 g/mol. The second-order valence-corrected chi connectivity index (χ2v) is 8.02. The number of aryl methyl sites for hydroxylation is 1. The van der Waals surface area contributed by atoms with E-state index >= 15 is 0 Å². The Morgan fingerprint density at radius 2 is 1.86 bits per heavy atom. The molecule has 0 unspecified atom stereocenters. The number of rotatable bonds is 8. The molecule has 150 valence electrons. The normalized spacial score (nSPS) is 14.4. The lowest BCUT2D eigenvalue weighted by Gasteiger charge is -2.22. The summed E-state index contributed by atoms with van der Waals surface area (Å²) in [5.74, 6) is 0.0217. The number of carbonyl (C=O) groups is 2. The number of aromatic nitrogens is 1. The second-order valence-electron chi connectivity index (χ2n) is 7.16. The minimum atomic E-state index is -0.188. The van der Waals surface area contributed by atoms with E-state index in [1.54, 1.807) is 0 Å². The van der Waals surface area contributed by atoms with Gasteiger partial charge in [0.15, 0.2) is 5.13 Å². The molecule has 1 saturated carbocycles. The molecule has 6 nitrogen and oxygen atoms in total. The Labute approximate surface area is 170 Å². The van der Waals surface area contributed by atoms with Crippen LogP contribution in [0.4, 0.5) is 9.93 Å². The molecule has 1 aromatic carbocycles. The van der Waals surface area contributed by atoms with E-state index in [-0.39, 0.29) is 18.0 Å². The van der Waals surface area contributed by atoms with E-state index in [2.05, 4.69) is 33.1 Å². The Balaban J connectivity index is 1.33. The quantitative estimate of drug-likeness (QED) is 0.629. The summed E-state index contributed by atoms with van der Waals surface area (Å²) in [6.07, 6.45) is 7.51. The SMILES string of the molecule is O=C(CCc1csc(NC(=O)NC2CCCCC2)n1)NCCc1ccccc1. The molecule has 7 heteroatoms. The number of urea groups is 1. The molecule has 3 rings (SSSR count). The van der Waals surface area contributed by atoms with Crippen LogP contribution in [-0.4, -0.2) is 29.5 Å². The maximum absolute atomic E-state index is 12.1. The lowest BCUT2D eigenvalue weighted by atomic mass is 9.96. The summed E-state index contributed by atoms with van der Waals surface area (Å²) in [6.45, 7) is 0.633. The fourth-order valence-corrected chi connectivity index (χ4v) is 4.11. The summed E-state index contributed by atoms with van der Waals surface area (Å²) in [6, 6.07) is 10.2. The number of carbonyl (C=O) groups excluding carboxylic acids is 2. The summed E-state index contributed by atoms with van der Waals surface area (Å²) in [7, 11) is 0. The van der Waals surface area contributed by atoms with Crippen molar-refractivity contribution in [2.24, 2.45) is 0 Å². The zero-order valence-electron chi connectivity index (χ0n) is 16.1. The molecule has 3 N–H and O–H groups in total. The topological polar surface area (TPSA) is 83.1 Å². The summed E-state index contributed by atoms with van der Waals surface area (Å²) in [5, 5.41) is 11.2. The molecular weight excluding hydrogens is 372 g/mol. The van der Waals surface area contributed by atoms with Gasteiger partial charge in [0.05, 0.1) is 5.69 Å². The van der Waals surface area contributed by atoms with Gasteiger partial charge in [-0.2, -0.15) is 0 Å². The average Bonchev–Trinajstić information content (AvgIpc) is 3.15. The van der Waals surface area contributed by atoms with E-state index in [1.165, 1.54) is 36.2 Å². The number of thiazole rings is 1. The van der Waals surface area contributed by atoms with E-state index in [4.69, 9.17) is 0 Å². The number of nitrogens with zero attached hydrogens (tertiary/aromatic N) is 1. The van der Waals surface area contributed by atoms with Gasteiger partial charge in [0.2, 0.25) is 5.91 Å². The van der Waals surface area contributed by atoms with Gasteiger partial charge in [-0.1, -0.05) is 49.6 Å². The van der Waals surface area contributed by atoms with E-state index in [1.807, 2.05) is 23.6 Å². The fraction of sp³-hybridized carbons (Fsp3) is 0.476. The molecule has 1 aromatic heterocycles. The van der Waals surface area contributed by atoms with Crippen LogP contribution in [0.25, 0.3) is 0 Å². The number of nitrogens with one attached hydrogen (secondary N) is 3. The molecule has 0 bridgehead atoms. The van der Waals surface area contributed by atoms with Gasteiger partial charge in [0, 0.05) is 24.4 Å². The second kappa shape index (κ2) is 10.8. The molecule has 1 aliphatic rings. The van der Waals surface area contributed by atoms with Crippen LogP contribution < -0.4 is 16.0 Å². The van der Waals surface area contributed by atoms with Gasteiger partial charge >= 0.3 is 6.03 Å². The summed E-state index contributed by atoms with van der Waals surface area (Å²) >= 11 is 1.39. The third-order valence-corrected chi connectivity index (χ3v) is 5.71. The number of hydrogen-bond acceptors (Lipinski definition) is 4. The molecular formula is C21H28N4O2S. The zero-order chi connectivity index (χ0) is 19.6. The van der Waals surface area contributed by atoms with Crippen molar-refractivity contribution in [3.8, 4) is 0 Å². The van der Waals surface area contributed by atoms with Crippen LogP contribution in [0.2, 0.25) is 0 Å². The number of amides is 3. The molecule has 28 heavy (non-hydrogen) atoms. The maximum atomic E-state index is 12.1. The highest BCUT2D eigenvalue weighted by Crippen LogP contribution is 2.19. The van der Waals surface area contributed by atoms with Crippen molar-refractivity contribution in [1.29, 1.82) is 0 Å². The first-order chi connectivity index (χ1) is 13.7. The summed E-state index contributed by atoms with van der Waals surface area (Å²) < 4.78 is 0. The van der Waals surface area contributed by atoms with Gasteiger partial charge in [-0.05, 0) is 31.2 Å². The molecule has 1 fully saturated rings. The van der Waals surface area contributed by atoms with Crippen molar-refractivity contribution in [2.45, 2.75) is 57.4 Å². The molecule has 0 radical (unpaired) electrons. The third-order valence-electron chi connectivity index (χ3n) is 4.90. The standard InChI is InChI=1S/C21H28N4O2S/c26-19(22-14-13-16-7-3-1-4-8-16)12-11-18-15-28-21(24-18)25-20(27)23-17-9-5-2-6-10-17/h1,3-4,7-8,15,17H,2,5-6,9-14H2,(H,22,26)(H2,23,24,25,27). The van der Waals surface area contributed by atoms with Gasteiger partial charge in [0.1, 0.15) is 0 Å². The van der Waals surface area contributed by atoms with Crippen LogP contribution in [0.5, 0.6) is 0 Å². The molecule has 0 aliphatic heterocycles. The van der Waals surface area contributed by atoms with Gasteiger partial charge in [-0.3, -0.25) is 10.1 Å². The van der Waals surface area contributed by atoms with E-state index < -0.39 is 0 Å². The average molecular weight is 401 g/mol. The number of hydrogen-bond donors (Lipinski definition) is 3. The molecule has 0 saturated heterocycles. The highest BCUT2D eigenvalue weighted by Gasteiger charge is 2.16. The minimum absolute atomic E-state index is 0.0217. The van der Waals surface area contributed by atoms with Crippen LogP contribution in [0.3, 0.4) is 0 Å². The zero-order valence-corrected chi connectivity index (χ0v) is 16.9. The van der Waals surface area contributed by atoms with Crippen molar-refractivity contribution >= 4 is 28.4 Å². The minimum Gasteiger partial charge on any atom is -0.356 e. The molecule has 1 heterocycles. The van der Waals surface area contributed by atoms with Crippen molar-refractivity contribution < 1.29 is 9.59 Å². The lowest BCUT2D eigenvalue weighted by molar-refractivity contribution is -0.121. The molecule has 0 atom stereocenters. The Hall–Kier alpha value is -2.41. The highest BCUT2D eigenvalue weighted by molar-refractivity contribution is 7.13. The summed E-state index contributed by atoms with van der Waals surface area (Å²) in [4.78, 5) is 28.5. The number of benzene rings is 1. The van der Waals surface area contributed by atoms with Crippen LogP contribution in [0, 0.1) is 0 Å².